The molecule has 2 aromatic rings. The van der Waals surface area contributed by atoms with E-state index >= 15 is 0 Å². The number of hydrogen-bond donors (Lipinski definition) is 1. The van der Waals surface area contributed by atoms with Gasteiger partial charge in [-0.25, -0.2) is 4.79 Å². The summed E-state index contributed by atoms with van der Waals surface area (Å²) in [6, 6.07) is 10.3. The monoisotopic (exact) mass is 407 g/mol. The van der Waals surface area contributed by atoms with Crippen molar-refractivity contribution in [3.05, 3.63) is 63.9 Å². The molecule has 1 atom stereocenters. The molecule has 6 heteroatoms. The Kier molecular flexibility index (Phi) is 4.66. The zero-order chi connectivity index (χ0) is 20.8. The van der Waals surface area contributed by atoms with Crippen LogP contribution in [0.5, 0.6) is 11.5 Å². The number of esters is 1. The van der Waals surface area contributed by atoms with Gasteiger partial charge in [-0.3, -0.25) is 0 Å². The normalized spacial score (nSPS) is 19.4. The highest BCUT2D eigenvalue weighted by molar-refractivity contribution is 5.97. The van der Waals surface area contributed by atoms with Gasteiger partial charge in [-0.05, 0) is 59.7 Å². The number of aliphatic hydroxyl groups excluding tert-OH is 1. The fraction of sp³-hybridized carbons (Fsp3) is 0.375. The fourth-order valence-electron chi connectivity index (χ4n) is 5.05. The molecule has 0 saturated heterocycles. The van der Waals surface area contributed by atoms with Crippen molar-refractivity contribution in [2.24, 2.45) is 0 Å². The first-order valence-corrected chi connectivity index (χ1v) is 10.3. The first-order valence-electron chi connectivity index (χ1n) is 10.3. The summed E-state index contributed by atoms with van der Waals surface area (Å²) in [7, 11) is 3.22. The van der Waals surface area contributed by atoms with Crippen LogP contribution in [-0.4, -0.2) is 45.1 Å². The number of benzene rings is 2. The minimum absolute atomic E-state index is 0.00250. The molecule has 0 saturated carbocycles. The van der Waals surface area contributed by atoms with Gasteiger partial charge < -0.3 is 24.2 Å². The molecule has 0 amide bonds. The number of aryl methyl sites for hydroxylation is 2. The molecule has 6 nitrogen and oxygen atoms in total. The van der Waals surface area contributed by atoms with Crippen molar-refractivity contribution < 1.29 is 24.1 Å². The van der Waals surface area contributed by atoms with E-state index in [0.717, 1.165) is 41.8 Å². The lowest BCUT2D eigenvalue weighted by Crippen LogP contribution is -2.33. The molecule has 0 radical (unpaired) electrons. The van der Waals surface area contributed by atoms with Gasteiger partial charge >= 0.3 is 5.97 Å². The zero-order valence-corrected chi connectivity index (χ0v) is 17.2. The second-order valence-electron chi connectivity index (χ2n) is 7.89. The second-order valence-corrected chi connectivity index (χ2v) is 7.89. The number of methoxy groups -OCH3 is 2. The third-order valence-corrected chi connectivity index (χ3v) is 6.39. The molecular formula is C24H25NO5. The van der Waals surface area contributed by atoms with Crippen LogP contribution >= 0.6 is 0 Å². The third kappa shape index (κ3) is 2.78. The van der Waals surface area contributed by atoms with Crippen LogP contribution in [0.3, 0.4) is 0 Å². The van der Waals surface area contributed by atoms with Crippen LogP contribution in [0.2, 0.25) is 0 Å². The van der Waals surface area contributed by atoms with Crippen molar-refractivity contribution in [3.63, 3.8) is 0 Å². The Hall–Kier alpha value is -2.99. The number of carbonyl (C=O) groups excluding carboxylic acids is 1. The first kappa shape index (κ1) is 19.0. The van der Waals surface area contributed by atoms with E-state index in [1.807, 2.05) is 18.2 Å². The Morgan fingerprint density at radius 1 is 1.10 bits per heavy atom. The lowest BCUT2D eigenvalue weighted by atomic mass is 9.79. The molecule has 30 heavy (non-hydrogen) atoms. The van der Waals surface area contributed by atoms with Gasteiger partial charge in [0.05, 0.1) is 32.1 Å². The van der Waals surface area contributed by atoms with Gasteiger partial charge in [0.25, 0.3) is 0 Å². The molecule has 2 aliphatic heterocycles. The van der Waals surface area contributed by atoms with Crippen molar-refractivity contribution >= 4 is 11.7 Å². The Labute approximate surface area is 175 Å². The SMILES string of the molecule is COc1ccc(C2C3=C(COC3=O)N(CCO)c3cc4c(cc32)CCC4)cc1OC. The van der Waals surface area contributed by atoms with Gasteiger partial charge in [0.2, 0.25) is 0 Å². The topological polar surface area (TPSA) is 68.2 Å². The van der Waals surface area contributed by atoms with E-state index in [1.165, 1.54) is 11.1 Å². The zero-order valence-electron chi connectivity index (χ0n) is 17.2. The molecule has 5 rings (SSSR count). The molecule has 2 heterocycles. The van der Waals surface area contributed by atoms with Crippen molar-refractivity contribution in [1.29, 1.82) is 0 Å². The molecular weight excluding hydrogens is 382 g/mol. The first-order chi connectivity index (χ1) is 14.7. The molecule has 1 unspecified atom stereocenters. The van der Waals surface area contributed by atoms with Crippen LogP contribution in [0.15, 0.2) is 41.6 Å². The van der Waals surface area contributed by atoms with E-state index in [4.69, 9.17) is 14.2 Å². The Morgan fingerprint density at radius 2 is 1.87 bits per heavy atom. The van der Waals surface area contributed by atoms with Crippen LogP contribution in [0, 0.1) is 0 Å². The number of rotatable bonds is 5. The number of aliphatic hydroxyl groups is 1. The van der Waals surface area contributed by atoms with Gasteiger partial charge in [-0.2, -0.15) is 0 Å². The highest BCUT2D eigenvalue weighted by atomic mass is 16.5. The maximum atomic E-state index is 12.8. The van der Waals surface area contributed by atoms with E-state index in [1.54, 1.807) is 14.2 Å². The fourth-order valence-corrected chi connectivity index (χ4v) is 5.05. The van der Waals surface area contributed by atoms with E-state index in [9.17, 15) is 9.90 Å². The summed E-state index contributed by atoms with van der Waals surface area (Å²) in [5.74, 6) is 0.741. The number of cyclic esters (lactones) is 1. The molecule has 0 aromatic heterocycles. The van der Waals surface area contributed by atoms with Crippen LogP contribution < -0.4 is 14.4 Å². The van der Waals surface area contributed by atoms with Crippen molar-refractivity contribution in [2.75, 3.05) is 38.9 Å². The Morgan fingerprint density at radius 3 is 2.60 bits per heavy atom. The van der Waals surface area contributed by atoms with Crippen molar-refractivity contribution in [1.82, 2.24) is 0 Å². The number of carbonyl (C=O) groups is 1. The van der Waals surface area contributed by atoms with E-state index < -0.39 is 0 Å². The molecule has 156 valence electrons. The second kappa shape index (κ2) is 7.36. The molecule has 1 N–H and O–H groups in total. The summed E-state index contributed by atoms with van der Waals surface area (Å²) < 4.78 is 16.4. The summed E-state index contributed by atoms with van der Waals surface area (Å²) in [5.41, 5.74) is 7.30. The average Bonchev–Trinajstić information content (AvgIpc) is 3.38. The van der Waals surface area contributed by atoms with Crippen LogP contribution in [0.4, 0.5) is 5.69 Å². The van der Waals surface area contributed by atoms with E-state index in [0.29, 0.717) is 23.6 Å². The molecule has 3 aliphatic rings. The lowest BCUT2D eigenvalue weighted by molar-refractivity contribution is -0.136. The van der Waals surface area contributed by atoms with Gasteiger partial charge in [-0.1, -0.05) is 12.1 Å². The maximum Gasteiger partial charge on any atom is 0.337 e. The Bertz CT molecular complexity index is 1060. The molecule has 1 aliphatic carbocycles. The predicted octanol–water partition coefficient (Wildman–Crippen LogP) is 2.95. The minimum atomic E-state index is -0.293. The highest BCUT2D eigenvalue weighted by Crippen LogP contribution is 2.49. The summed E-state index contributed by atoms with van der Waals surface area (Å²) in [5, 5.41) is 9.71. The lowest BCUT2D eigenvalue weighted by Gasteiger charge is -2.36. The predicted molar refractivity (Wildman–Crippen MR) is 112 cm³/mol. The summed E-state index contributed by atoms with van der Waals surface area (Å²) in [6.07, 6.45) is 3.27. The minimum Gasteiger partial charge on any atom is -0.493 e. The van der Waals surface area contributed by atoms with Crippen LogP contribution in [0.1, 0.15) is 34.6 Å². The van der Waals surface area contributed by atoms with Gasteiger partial charge in [-0.15, -0.1) is 0 Å². The summed E-state index contributed by atoms with van der Waals surface area (Å²) in [4.78, 5) is 14.9. The van der Waals surface area contributed by atoms with Gasteiger partial charge in [0, 0.05) is 18.2 Å². The number of ether oxygens (including phenoxy) is 3. The quantitative estimate of drug-likeness (QED) is 0.769. The van der Waals surface area contributed by atoms with Gasteiger partial charge in [0.1, 0.15) is 6.61 Å². The molecule has 0 spiro atoms. The van der Waals surface area contributed by atoms with E-state index in [-0.39, 0.29) is 25.1 Å². The molecule has 2 aromatic carbocycles. The van der Waals surface area contributed by atoms with Gasteiger partial charge in [0.15, 0.2) is 11.5 Å². The number of anilines is 1. The number of fused-ring (bicyclic) bond motifs is 2. The van der Waals surface area contributed by atoms with Crippen LogP contribution in [-0.2, 0) is 22.4 Å². The third-order valence-electron chi connectivity index (χ3n) is 6.39. The van der Waals surface area contributed by atoms with Crippen LogP contribution in [0.25, 0.3) is 0 Å². The molecule has 0 fully saturated rings. The van der Waals surface area contributed by atoms with Crippen molar-refractivity contribution in [2.45, 2.75) is 25.2 Å². The largest absolute Gasteiger partial charge is 0.493 e. The summed E-state index contributed by atoms with van der Waals surface area (Å²) >= 11 is 0. The number of β-amino-alcohol motifs (C(OH)–C–C–N with tert-alkyl or cyclic N) is 1. The average molecular weight is 407 g/mol. The summed E-state index contributed by atoms with van der Waals surface area (Å²) in [6.45, 7) is 0.664. The molecule has 0 bridgehead atoms. The van der Waals surface area contributed by atoms with E-state index in [2.05, 4.69) is 17.0 Å². The highest BCUT2D eigenvalue weighted by Gasteiger charge is 2.42. The van der Waals surface area contributed by atoms with Crippen molar-refractivity contribution in [3.8, 4) is 11.5 Å². The Balaban J connectivity index is 1.74. The standard InChI is InChI=1S/C24H25NO5/c1-28-20-7-6-16(12-21(20)29-2)22-17-10-14-4-3-5-15(14)11-18(17)25(8-9-26)19-13-30-24(27)23(19)22/h6-7,10-12,22,26H,3-5,8-9,13H2,1-2H3. The number of nitrogens with zero attached hydrogens (tertiary/aromatic N) is 1. The smallest absolute Gasteiger partial charge is 0.337 e. The maximum absolute atomic E-state index is 12.8. The number of hydrogen-bond acceptors (Lipinski definition) is 6.